The zero-order chi connectivity index (χ0) is 24.7. The Bertz CT molecular complexity index is 1370. The molecule has 0 radical (unpaired) electrons. The quantitative estimate of drug-likeness (QED) is 0.261. The van der Waals surface area contributed by atoms with Gasteiger partial charge in [0, 0.05) is 29.0 Å². The van der Waals surface area contributed by atoms with Crippen molar-refractivity contribution >= 4 is 23.4 Å². The van der Waals surface area contributed by atoms with E-state index in [-0.39, 0.29) is 23.7 Å². The second-order valence-electron chi connectivity index (χ2n) is 8.70. The van der Waals surface area contributed by atoms with Gasteiger partial charge >= 0.3 is 0 Å². The average molecular weight is 514 g/mol. The Morgan fingerprint density at radius 3 is 2.49 bits per heavy atom. The van der Waals surface area contributed by atoms with Crippen molar-refractivity contribution in [2.45, 2.75) is 43.4 Å². The van der Waals surface area contributed by atoms with Crippen LogP contribution in [0.3, 0.4) is 0 Å². The summed E-state index contributed by atoms with van der Waals surface area (Å²) in [5.41, 5.74) is 1.41. The zero-order valence-corrected chi connectivity index (χ0v) is 20.8. The molecule has 180 valence electrons. The monoisotopic (exact) mass is 513 g/mol. The third-order valence-corrected chi connectivity index (χ3v) is 7.25. The summed E-state index contributed by atoms with van der Waals surface area (Å²) < 4.78 is 41.4. The summed E-state index contributed by atoms with van der Waals surface area (Å²) in [6.07, 6.45) is -0.348. The molecule has 2 heterocycles. The van der Waals surface area contributed by atoms with Gasteiger partial charge in [-0.25, -0.2) is 8.78 Å². The Morgan fingerprint density at radius 1 is 1.00 bits per heavy atom. The summed E-state index contributed by atoms with van der Waals surface area (Å²) in [7, 11) is 0. The van der Waals surface area contributed by atoms with Crippen molar-refractivity contribution in [3.05, 3.63) is 94.3 Å². The predicted octanol–water partition coefficient (Wildman–Crippen LogP) is 6.93. The van der Waals surface area contributed by atoms with E-state index < -0.39 is 5.41 Å². The van der Waals surface area contributed by atoms with Crippen LogP contribution in [0.15, 0.2) is 65.8 Å². The molecule has 1 aromatic heterocycles. The van der Waals surface area contributed by atoms with Gasteiger partial charge < -0.3 is 9.47 Å². The molecule has 0 spiro atoms. The first-order chi connectivity index (χ1) is 16.7. The zero-order valence-electron chi connectivity index (χ0n) is 19.3. The van der Waals surface area contributed by atoms with Gasteiger partial charge in [-0.1, -0.05) is 35.5 Å². The summed E-state index contributed by atoms with van der Waals surface area (Å²) >= 11 is 7.53. The van der Waals surface area contributed by atoms with Crippen LogP contribution in [0.5, 0.6) is 11.5 Å². The van der Waals surface area contributed by atoms with Gasteiger partial charge in [0.1, 0.15) is 17.5 Å². The van der Waals surface area contributed by atoms with E-state index in [4.69, 9.17) is 21.1 Å². The largest absolute Gasteiger partial charge is 0.451 e. The first kappa shape index (κ1) is 23.6. The van der Waals surface area contributed by atoms with Crippen molar-refractivity contribution in [3.8, 4) is 17.2 Å². The first-order valence-electron chi connectivity index (χ1n) is 11.0. The highest BCUT2D eigenvalue weighted by Gasteiger charge is 2.33. The van der Waals surface area contributed by atoms with Crippen LogP contribution in [0.25, 0.3) is 5.69 Å². The molecular weight excluding hydrogens is 492 g/mol. The Balaban J connectivity index is 1.56. The van der Waals surface area contributed by atoms with Crippen molar-refractivity contribution < 1.29 is 18.3 Å². The van der Waals surface area contributed by atoms with Gasteiger partial charge in [-0.3, -0.25) is 4.57 Å². The third kappa shape index (κ3) is 4.48. The predicted molar refractivity (Wildman–Crippen MR) is 132 cm³/mol. The maximum absolute atomic E-state index is 14.4. The van der Waals surface area contributed by atoms with E-state index in [9.17, 15) is 8.78 Å². The number of hydrogen-bond donors (Lipinski definition) is 0. The van der Waals surface area contributed by atoms with Crippen molar-refractivity contribution in [1.82, 2.24) is 14.8 Å². The van der Waals surface area contributed by atoms with Gasteiger partial charge in [-0.2, -0.15) is 0 Å². The van der Waals surface area contributed by atoms with Gasteiger partial charge in [0.2, 0.25) is 6.29 Å². The fourth-order valence-electron chi connectivity index (χ4n) is 3.99. The Kier molecular flexibility index (Phi) is 6.19. The molecule has 4 aromatic rings. The molecule has 0 aliphatic carbocycles. The number of ether oxygens (including phenoxy) is 2. The topological polar surface area (TPSA) is 49.2 Å². The molecule has 1 unspecified atom stereocenters. The summed E-state index contributed by atoms with van der Waals surface area (Å²) in [5, 5.41) is 9.84. The average Bonchev–Trinajstić information content (AvgIpc) is 3.42. The lowest BCUT2D eigenvalue weighted by Crippen LogP contribution is -2.24. The van der Waals surface area contributed by atoms with Crippen molar-refractivity contribution in [3.63, 3.8) is 0 Å². The molecule has 1 aliphatic rings. The number of nitrogens with zero attached hydrogens (tertiary/aromatic N) is 3. The lowest BCUT2D eigenvalue weighted by Gasteiger charge is -2.26. The highest BCUT2D eigenvalue weighted by atomic mass is 35.5. The molecule has 3 aromatic carbocycles. The number of halogens is 3. The molecule has 0 saturated carbocycles. The lowest BCUT2D eigenvalue weighted by molar-refractivity contribution is 0.0678. The van der Waals surface area contributed by atoms with Crippen LogP contribution in [0, 0.1) is 11.6 Å². The van der Waals surface area contributed by atoms with Crippen molar-refractivity contribution in [2.24, 2.45) is 0 Å². The maximum atomic E-state index is 14.4. The van der Waals surface area contributed by atoms with Gasteiger partial charge in [0.05, 0.1) is 5.41 Å². The van der Waals surface area contributed by atoms with Crippen LogP contribution in [-0.4, -0.2) is 21.1 Å². The maximum Gasteiger partial charge on any atom is 0.238 e. The van der Waals surface area contributed by atoms with E-state index in [1.807, 2.05) is 43.5 Å². The lowest BCUT2D eigenvalue weighted by atomic mass is 9.83. The normalized spacial score (nSPS) is 15.0. The third-order valence-electron chi connectivity index (χ3n) is 5.94. The van der Waals surface area contributed by atoms with Crippen LogP contribution in [0.2, 0.25) is 5.02 Å². The standard InChI is InChI=1S/C26H22ClF2N3O2S/c1-15-33-22-12-7-16(13-23(22)34-15)26(2,3)24-30-31-25(32(24)18-10-8-17(28)9-11-18)35-14-19-20(27)5-4-6-21(19)29/h4-13,15H,14H2,1-3H3. The van der Waals surface area contributed by atoms with Crippen molar-refractivity contribution in [1.29, 1.82) is 0 Å². The van der Waals surface area contributed by atoms with Crippen LogP contribution in [0.1, 0.15) is 37.7 Å². The van der Waals surface area contributed by atoms with Crippen LogP contribution >= 0.6 is 23.4 Å². The smallest absolute Gasteiger partial charge is 0.238 e. The second kappa shape index (κ2) is 9.17. The molecule has 0 fully saturated rings. The number of rotatable bonds is 6. The summed E-state index contributed by atoms with van der Waals surface area (Å²) in [4.78, 5) is 0. The number of benzene rings is 3. The van der Waals surface area contributed by atoms with E-state index in [1.165, 1.54) is 30.0 Å². The van der Waals surface area contributed by atoms with Gasteiger partial charge in [0.15, 0.2) is 16.7 Å². The van der Waals surface area contributed by atoms with Gasteiger partial charge in [0.25, 0.3) is 0 Å². The molecule has 1 atom stereocenters. The molecule has 0 amide bonds. The second-order valence-corrected chi connectivity index (χ2v) is 10.0. The first-order valence-corrected chi connectivity index (χ1v) is 12.4. The van der Waals surface area contributed by atoms with Crippen LogP contribution < -0.4 is 9.47 Å². The number of fused-ring (bicyclic) bond motifs is 1. The van der Waals surface area contributed by atoms with E-state index in [2.05, 4.69) is 10.2 Å². The van der Waals surface area contributed by atoms with E-state index >= 15 is 0 Å². The molecule has 9 heteroatoms. The SMILES string of the molecule is CC1Oc2ccc(C(C)(C)c3nnc(SCc4c(F)cccc4Cl)n3-c3ccc(F)cc3)cc2O1. The molecule has 0 bridgehead atoms. The summed E-state index contributed by atoms with van der Waals surface area (Å²) in [6.45, 7) is 5.89. The molecule has 0 saturated heterocycles. The Labute approximate surface area is 211 Å². The minimum Gasteiger partial charge on any atom is -0.451 e. The summed E-state index contributed by atoms with van der Waals surface area (Å²) in [5.74, 6) is 1.52. The molecule has 5 rings (SSSR count). The molecule has 0 N–H and O–H groups in total. The fraction of sp³-hybridized carbons (Fsp3) is 0.231. The number of thioether (sulfide) groups is 1. The van der Waals surface area contributed by atoms with E-state index in [1.54, 1.807) is 24.3 Å². The minimum absolute atomic E-state index is 0.257. The molecular formula is C26H22ClF2N3O2S. The van der Waals surface area contributed by atoms with Gasteiger partial charge in [-0.05, 0) is 67.9 Å². The summed E-state index contributed by atoms with van der Waals surface area (Å²) in [6, 6.07) is 16.5. The highest BCUT2D eigenvalue weighted by Crippen LogP contribution is 2.41. The Morgan fingerprint density at radius 2 is 1.74 bits per heavy atom. The van der Waals surface area contributed by atoms with E-state index in [0.717, 1.165) is 5.56 Å². The Hall–Kier alpha value is -3.10. The fourth-order valence-corrected chi connectivity index (χ4v) is 5.29. The van der Waals surface area contributed by atoms with Crippen molar-refractivity contribution in [2.75, 3.05) is 0 Å². The minimum atomic E-state index is -0.611. The highest BCUT2D eigenvalue weighted by molar-refractivity contribution is 7.98. The molecule has 35 heavy (non-hydrogen) atoms. The molecule has 5 nitrogen and oxygen atoms in total. The number of aromatic nitrogens is 3. The van der Waals surface area contributed by atoms with Gasteiger partial charge in [-0.15, -0.1) is 10.2 Å². The van der Waals surface area contributed by atoms with E-state index in [0.29, 0.717) is 38.8 Å². The number of hydrogen-bond acceptors (Lipinski definition) is 5. The van der Waals surface area contributed by atoms with Crippen LogP contribution in [0.4, 0.5) is 8.78 Å². The van der Waals surface area contributed by atoms with Crippen LogP contribution in [-0.2, 0) is 11.2 Å². The molecule has 1 aliphatic heterocycles.